The summed E-state index contributed by atoms with van der Waals surface area (Å²) in [5.74, 6) is -0.970. The van der Waals surface area contributed by atoms with E-state index in [0.29, 0.717) is 0 Å². The van der Waals surface area contributed by atoms with E-state index in [0.717, 1.165) is 17.4 Å². The smallest absolute Gasteiger partial charge is 0.341 e. The Bertz CT molecular complexity index is 1070. The number of nitro groups is 1. The molecule has 0 unspecified atom stereocenters. The quantitative estimate of drug-likeness (QED) is 0.249. The van der Waals surface area contributed by atoms with Gasteiger partial charge in [0, 0.05) is 0 Å². The van der Waals surface area contributed by atoms with Gasteiger partial charge >= 0.3 is 5.97 Å². The predicted molar refractivity (Wildman–Crippen MR) is 102 cm³/mol. The van der Waals surface area contributed by atoms with Gasteiger partial charge < -0.3 is 19.5 Å². The number of anilines is 1. The highest BCUT2D eigenvalue weighted by Gasteiger charge is 2.24. The molecular weight excluding hydrogens is 402 g/mol. The molecule has 2 heterocycles. The molecule has 0 bridgehead atoms. The van der Waals surface area contributed by atoms with Gasteiger partial charge in [0.1, 0.15) is 16.6 Å². The predicted octanol–water partition coefficient (Wildman–Crippen LogP) is 3.11. The molecule has 1 aromatic heterocycles. The van der Waals surface area contributed by atoms with Gasteiger partial charge in [-0.1, -0.05) is 0 Å². The molecule has 0 atom stereocenters. The Morgan fingerprint density at radius 3 is 2.79 bits per heavy atom. The highest BCUT2D eigenvalue weighted by Crippen LogP contribution is 2.38. The zero-order valence-electron chi connectivity index (χ0n) is 15.0. The molecule has 1 aromatic carbocycles. The zero-order valence-corrected chi connectivity index (χ0v) is 15.8. The minimum absolute atomic E-state index is 0.00254. The SMILES string of the molecule is CCOC(=O)c1ccsc1NC(=O)C(C#N)=Cc1cc2c(cc1[N+](=O)[O-])OCO2. The van der Waals surface area contributed by atoms with Gasteiger partial charge in [-0.15, -0.1) is 11.3 Å². The number of nitro benzene ring substituents is 1. The fourth-order valence-electron chi connectivity index (χ4n) is 2.47. The zero-order chi connectivity index (χ0) is 21.0. The number of carbonyl (C=O) groups excluding carboxylic acids is 2. The van der Waals surface area contributed by atoms with Crippen molar-refractivity contribution in [2.45, 2.75) is 6.92 Å². The fourth-order valence-corrected chi connectivity index (χ4v) is 3.24. The number of carbonyl (C=O) groups is 2. The molecule has 0 saturated heterocycles. The summed E-state index contributed by atoms with van der Waals surface area (Å²) >= 11 is 1.08. The maximum atomic E-state index is 12.5. The first-order valence-electron chi connectivity index (χ1n) is 8.20. The van der Waals surface area contributed by atoms with E-state index < -0.39 is 22.4 Å². The van der Waals surface area contributed by atoms with Crippen LogP contribution < -0.4 is 14.8 Å². The molecule has 148 valence electrons. The van der Waals surface area contributed by atoms with Crippen molar-refractivity contribution < 1.29 is 28.7 Å². The molecule has 1 aliphatic rings. The van der Waals surface area contributed by atoms with Crippen molar-refractivity contribution in [2.24, 2.45) is 0 Å². The van der Waals surface area contributed by atoms with Crippen molar-refractivity contribution in [1.82, 2.24) is 0 Å². The molecule has 0 fully saturated rings. The summed E-state index contributed by atoms with van der Waals surface area (Å²) in [7, 11) is 0. The summed E-state index contributed by atoms with van der Waals surface area (Å²) in [5.41, 5.74) is -0.590. The summed E-state index contributed by atoms with van der Waals surface area (Å²) in [5, 5.41) is 25.0. The maximum Gasteiger partial charge on any atom is 0.341 e. The van der Waals surface area contributed by atoms with Gasteiger partial charge in [0.05, 0.1) is 28.7 Å². The molecule has 0 spiro atoms. The van der Waals surface area contributed by atoms with E-state index in [2.05, 4.69) is 5.32 Å². The largest absolute Gasteiger partial charge is 0.462 e. The van der Waals surface area contributed by atoms with E-state index in [-0.39, 0.29) is 46.7 Å². The third kappa shape index (κ3) is 4.17. The second-order valence-corrected chi connectivity index (χ2v) is 6.45. The number of nitrogens with one attached hydrogen (secondary N) is 1. The number of esters is 1. The lowest BCUT2D eigenvalue weighted by Crippen LogP contribution is -2.15. The Kier molecular flexibility index (Phi) is 5.75. The van der Waals surface area contributed by atoms with Crippen LogP contribution in [0.1, 0.15) is 22.8 Å². The van der Waals surface area contributed by atoms with Gasteiger partial charge in [0.2, 0.25) is 6.79 Å². The van der Waals surface area contributed by atoms with E-state index in [1.54, 1.807) is 18.4 Å². The van der Waals surface area contributed by atoms with E-state index >= 15 is 0 Å². The summed E-state index contributed by atoms with van der Waals surface area (Å²) in [4.78, 5) is 35.1. The highest BCUT2D eigenvalue weighted by atomic mass is 32.1. The number of ether oxygens (including phenoxy) is 3. The average molecular weight is 415 g/mol. The van der Waals surface area contributed by atoms with Crippen LogP contribution in [0.25, 0.3) is 6.08 Å². The lowest BCUT2D eigenvalue weighted by molar-refractivity contribution is -0.385. The van der Waals surface area contributed by atoms with Crippen LogP contribution in [0.3, 0.4) is 0 Å². The lowest BCUT2D eigenvalue weighted by atomic mass is 10.1. The Balaban J connectivity index is 1.91. The monoisotopic (exact) mass is 415 g/mol. The number of thiophene rings is 1. The van der Waals surface area contributed by atoms with Gasteiger partial charge in [0.25, 0.3) is 11.6 Å². The molecule has 0 saturated carbocycles. The van der Waals surface area contributed by atoms with Crippen LogP contribution in [0.5, 0.6) is 11.5 Å². The molecule has 0 radical (unpaired) electrons. The van der Waals surface area contributed by atoms with Gasteiger partial charge in [-0.3, -0.25) is 14.9 Å². The van der Waals surface area contributed by atoms with Crippen molar-refractivity contribution in [2.75, 3.05) is 18.7 Å². The third-order valence-electron chi connectivity index (χ3n) is 3.77. The Morgan fingerprint density at radius 1 is 1.41 bits per heavy atom. The van der Waals surface area contributed by atoms with Gasteiger partial charge in [-0.2, -0.15) is 5.26 Å². The first-order chi connectivity index (χ1) is 13.9. The standard InChI is InChI=1S/C18H13N3O7S/c1-2-26-18(23)12-3-4-29-17(12)20-16(22)11(8-19)5-10-6-14-15(28-9-27-14)7-13(10)21(24)25/h3-7H,2,9H2,1H3,(H,20,22). The molecule has 1 N–H and O–H groups in total. The summed E-state index contributed by atoms with van der Waals surface area (Å²) in [6.45, 7) is 1.73. The highest BCUT2D eigenvalue weighted by molar-refractivity contribution is 7.14. The average Bonchev–Trinajstić information content (AvgIpc) is 3.34. The Morgan fingerprint density at radius 2 is 2.14 bits per heavy atom. The van der Waals surface area contributed by atoms with E-state index in [4.69, 9.17) is 14.2 Å². The van der Waals surface area contributed by atoms with Crippen molar-refractivity contribution >= 4 is 40.0 Å². The molecule has 3 rings (SSSR count). The van der Waals surface area contributed by atoms with Gasteiger partial charge in [0.15, 0.2) is 11.5 Å². The minimum atomic E-state index is -0.826. The second-order valence-electron chi connectivity index (χ2n) is 5.53. The van der Waals surface area contributed by atoms with Gasteiger partial charge in [-0.25, -0.2) is 4.79 Å². The summed E-state index contributed by atoms with van der Waals surface area (Å²) in [6, 6.07) is 5.68. The van der Waals surface area contributed by atoms with E-state index in [1.165, 1.54) is 18.2 Å². The Labute approximate surface area is 168 Å². The third-order valence-corrected chi connectivity index (χ3v) is 4.60. The maximum absolute atomic E-state index is 12.5. The topological polar surface area (TPSA) is 141 Å². The molecule has 1 amide bonds. The number of amides is 1. The first kappa shape index (κ1) is 19.8. The van der Waals surface area contributed by atoms with Crippen LogP contribution in [-0.4, -0.2) is 30.2 Å². The molecule has 0 aliphatic carbocycles. The molecule has 2 aromatic rings. The van der Waals surface area contributed by atoms with Crippen molar-refractivity contribution in [3.8, 4) is 17.6 Å². The molecule has 1 aliphatic heterocycles. The van der Waals surface area contributed by atoms with Crippen LogP contribution in [0.4, 0.5) is 10.7 Å². The molecular formula is C18H13N3O7S. The number of nitrogens with zero attached hydrogens (tertiary/aromatic N) is 2. The number of rotatable bonds is 6. The summed E-state index contributed by atoms with van der Waals surface area (Å²) in [6.07, 6.45) is 1.08. The van der Waals surface area contributed by atoms with Gasteiger partial charge in [-0.05, 0) is 30.5 Å². The Hall–Kier alpha value is -3.91. The number of hydrogen-bond acceptors (Lipinski definition) is 9. The number of nitriles is 1. The fraction of sp³-hybridized carbons (Fsp3) is 0.167. The van der Waals surface area contributed by atoms with E-state index in [1.807, 2.05) is 0 Å². The molecule has 10 nitrogen and oxygen atoms in total. The van der Waals surface area contributed by atoms with Crippen molar-refractivity contribution in [3.05, 3.63) is 50.4 Å². The lowest BCUT2D eigenvalue weighted by Gasteiger charge is -2.06. The number of fused-ring (bicyclic) bond motifs is 1. The van der Waals surface area contributed by atoms with Crippen LogP contribution in [0.15, 0.2) is 29.2 Å². The van der Waals surface area contributed by atoms with Crippen LogP contribution in [-0.2, 0) is 9.53 Å². The van der Waals surface area contributed by atoms with Crippen LogP contribution in [0, 0.1) is 21.4 Å². The minimum Gasteiger partial charge on any atom is -0.462 e. The number of benzene rings is 1. The second kappa shape index (κ2) is 8.41. The first-order valence-corrected chi connectivity index (χ1v) is 9.08. The van der Waals surface area contributed by atoms with Crippen LogP contribution >= 0.6 is 11.3 Å². The molecule has 11 heteroatoms. The van der Waals surface area contributed by atoms with E-state index in [9.17, 15) is 25.0 Å². The van der Waals surface area contributed by atoms with Crippen molar-refractivity contribution in [1.29, 1.82) is 5.26 Å². The number of hydrogen-bond donors (Lipinski definition) is 1. The normalized spacial score (nSPS) is 12.2. The van der Waals surface area contributed by atoms with Crippen molar-refractivity contribution in [3.63, 3.8) is 0 Å². The van der Waals surface area contributed by atoms with Crippen LogP contribution in [0.2, 0.25) is 0 Å². The molecule has 29 heavy (non-hydrogen) atoms. The summed E-state index contributed by atoms with van der Waals surface area (Å²) < 4.78 is 15.2.